The average Bonchev–Trinajstić information content (AvgIpc) is 2.71. The molecule has 0 saturated carbocycles. The van der Waals surface area contributed by atoms with Gasteiger partial charge in [-0.25, -0.2) is 0 Å². The summed E-state index contributed by atoms with van der Waals surface area (Å²) in [5.41, 5.74) is 0. The summed E-state index contributed by atoms with van der Waals surface area (Å²) in [5, 5.41) is 0. The van der Waals surface area contributed by atoms with Crippen LogP contribution in [0.25, 0.3) is 0 Å². The standard InChI is InChI=1S/C13H23ClN2O/c1-10(2)15-5-3-12(4-6-15)16-9-11(8-14)7-13(16)17/h10-12H,3-9H2,1-2H3. The van der Waals surface area contributed by atoms with Crippen LogP contribution in [-0.4, -0.2) is 53.3 Å². The Morgan fingerprint density at radius 3 is 2.47 bits per heavy atom. The third-order valence-corrected chi connectivity index (χ3v) is 4.56. The second-order valence-electron chi connectivity index (χ2n) is 5.63. The quantitative estimate of drug-likeness (QED) is 0.723. The summed E-state index contributed by atoms with van der Waals surface area (Å²) in [7, 11) is 0. The third-order valence-electron chi connectivity index (χ3n) is 4.13. The molecule has 0 aromatic carbocycles. The maximum Gasteiger partial charge on any atom is 0.223 e. The summed E-state index contributed by atoms with van der Waals surface area (Å²) >= 11 is 5.85. The smallest absolute Gasteiger partial charge is 0.223 e. The predicted octanol–water partition coefficient (Wildman–Crippen LogP) is 1.95. The second kappa shape index (κ2) is 5.57. The van der Waals surface area contributed by atoms with E-state index in [4.69, 9.17) is 11.6 Å². The van der Waals surface area contributed by atoms with E-state index in [0.29, 0.717) is 36.2 Å². The van der Waals surface area contributed by atoms with Crippen LogP contribution < -0.4 is 0 Å². The van der Waals surface area contributed by atoms with Crippen LogP contribution in [0.4, 0.5) is 0 Å². The Labute approximate surface area is 109 Å². The fraction of sp³-hybridized carbons (Fsp3) is 0.923. The van der Waals surface area contributed by atoms with Gasteiger partial charge in [-0.15, -0.1) is 11.6 Å². The molecule has 4 heteroatoms. The van der Waals surface area contributed by atoms with Crippen molar-refractivity contribution < 1.29 is 4.79 Å². The molecule has 0 spiro atoms. The van der Waals surface area contributed by atoms with Crippen LogP contribution in [0.15, 0.2) is 0 Å². The van der Waals surface area contributed by atoms with E-state index in [2.05, 4.69) is 23.6 Å². The van der Waals surface area contributed by atoms with Crippen molar-refractivity contribution in [3.63, 3.8) is 0 Å². The number of halogens is 1. The Kier molecular flexibility index (Phi) is 4.31. The first-order valence-electron chi connectivity index (χ1n) is 6.71. The van der Waals surface area contributed by atoms with Crippen LogP contribution in [0.1, 0.15) is 33.1 Å². The fourth-order valence-electron chi connectivity index (χ4n) is 2.98. The molecular formula is C13H23ClN2O. The zero-order valence-corrected chi connectivity index (χ0v) is 11.6. The third kappa shape index (κ3) is 2.94. The minimum Gasteiger partial charge on any atom is -0.339 e. The Morgan fingerprint density at radius 2 is 2.00 bits per heavy atom. The van der Waals surface area contributed by atoms with Crippen molar-refractivity contribution in [2.45, 2.75) is 45.2 Å². The number of alkyl halides is 1. The number of likely N-dealkylation sites (tertiary alicyclic amines) is 2. The molecule has 0 bridgehead atoms. The molecule has 2 fully saturated rings. The molecule has 17 heavy (non-hydrogen) atoms. The number of rotatable bonds is 3. The first-order valence-corrected chi connectivity index (χ1v) is 7.24. The van der Waals surface area contributed by atoms with Crippen LogP contribution in [0.3, 0.4) is 0 Å². The molecule has 1 amide bonds. The monoisotopic (exact) mass is 258 g/mol. The van der Waals surface area contributed by atoms with Crippen LogP contribution in [0.5, 0.6) is 0 Å². The van der Waals surface area contributed by atoms with Crippen molar-refractivity contribution in [3.05, 3.63) is 0 Å². The highest BCUT2D eigenvalue weighted by molar-refractivity contribution is 6.18. The molecule has 2 heterocycles. The van der Waals surface area contributed by atoms with Crippen LogP contribution in [0.2, 0.25) is 0 Å². The lowest BCUT2D eigenvalue weighted by Crippen LogP contribution is -2.47. The molecule has 2 aliphatic heterocycles. The molecule has 0 aliphatic carbocycles. The van der Waals surface area contributed by atoms with Gasteiger partial charge in [0.1, 0.15) is 0 Å². The molecule has 2 rings (SSSR count). The Bertz CT molecular complexity index is 275. The molecule has 2 saturated heterocycles. The summed E-state index contributed by atoms with van der Waals surface area (Å²) in [6, 6.07) is 1.09. The molecule has 0 aromatic heterocycles. The highest BCUT2D eigenvalue weighted by Crippen LogP contribution is 2.26. The van der Waals surface area contributed by atoms with E-state index in [1.807, 2.05) is 0 Å². The highest BCUT2D eigenvalue weighted by atomic mass is 35.5. The van der Waals surface area contributed by atoms with Gasteiger partial charge in [-0.3, -0.25) is 4.79 Å². The SMILES string of the molecule is CC(C)N1CCC(N2CC(CCl)CC2=O)CC1. The molecule has 0 radical (unpaired) electrons. The minimum atomic E-state index is 0.318. The Morgan fingerprint density at radius 1 is 1.35 bits per heavy atom. The molecular weight excluding hydrogens is 236 g/mol. The lowest BCUT2D eigenvalue weighted by Gasteiger charge is -2.38. The van der Waals surface area contributed by atoms with Gasteiger partial charge in [0.15, 0.2) is 0 Å². The number of carbonyl (C=O) groups is 1. The van der Waals surface area contributed by atoms with Gasteiger partial charge in [-0.05, 0) is 32.6 Å². The first-order chi connectivity index (χ1) is 8.11. The van der Waals surface area contributed by atoms with E-state index in [0.717, 1.165) is 32.5 Å². The maximum atomic E-state index is 11.9. The van der Waals surface area contributed by atoms with Crippen molar-refractivity contribution >= 4 is 17.5 Å². The van der Waals surface area contributed by atoms with Crippen molar-refractivity contribution in [2.24, 2.45) is 5.92 Å². The van der Waals surface area contributed by atoms with Gasteiger partial charge in [0, 0.05) is 44.0 Å². The average molecular weight is 259 g/mol. The van der Waals surface area contributed by atoms with Crippen molar-refractivity contribution in [3.8, 4) is 0 Å². The first kappa shape index (κ1) is 13.2. The van der Waals surface area contributed by atoms with Crippen molar-refractivity contribution in [1.29, 1.82) is 0 Å². The molecule has 1 atom stereocenters. The summed E-state index contributed by atoms with van der Waals surface area (Å²) in [6.07, 6.45) is 2.91. The lowest BCUT2D eigenvalue weighted by atomic mass is 10.0. The fourth-order valence-corrected chi connectivity index (χ4v) is 3.19. The normalized spacial score (nSPS) is 28.4. The topological polar surface area (TPSA) is 23.6 Å². The summed E-state index contributed by atoms with van der Waals surface area (Å²) < 4.78 is 0. The van der Waals surface area contributed by atoms with E-state index >= 15 is 0 Å². The molecule has 0 aromatic rings. The van der Waals surface area contributed by atoms with Gasteiger partial charge in [0.05, 0.1) is 0 Å². The van der Waals surface area contributed by atoms with Crippen molar-refractivity contribution in [1.82, 2.24) is 9.80 Å². The summed E-state index contributed by atoms with van der Waals surface area (Å²) in [6.45, 7) is 7.61. The number of piperidine rings is 1. The van der Waals surface area contributed by atoms with E-state index in [9.17, 15) is 4.79 Å². The van der Waals surface area contributed by atoms with Gasteiger partial charge in [0.25, 0.3) is 0 Å². The predicted molar refractivity (Wildman–Crippen MR) is 70.3 cm³/mol. The van der Waals surface area contributed by atoms with Crippen LogP contribution in [0, 0.1) is 5.92 Å². The maximum absolute atomic E-state index is 11.9. The van der Waals surface area contributed by atoms with E-state index in [1.165, 1.54) is 0 Å². The number of amides is 1. The number of hydrogen-bond donors (Lipinski definition) is 0. The summed E-state index contributed by atoms with van der Waals surface area (Å²) in [5.74, 6) is 1.32. The number of nitrogens with zero attached hydrogens (tertiary/aromatic N) is 2. The molecule has 98 valence electrons. The van der Waals surface area contributed by atoms with Gasteiger partial charge in [0.2, 0.25) is 5.91 Å². The largest absolute Gasteiger partial charge is 0.339 e. The van der Waals surface area contributed by atoms with Crippen LogP contribution in [-0.2, 0) is 4.79 Å². The Hall–Kier alpha value is -0.280. The van der Waals surface area contributed by atoms with Gasteiger partial charge < -0.3 is 9.80 Å². The molecule has 3 nitrogen and oxygen atoms in total. The number of carbonyl (C=O) groups excluding carboxylic acids is 1. The number of hydrogen-bond acceptors (Lipinski definition) is 2. The molecule has 2 aliphatic rings. The zero-order valence-electron chi connectivity index (χ0n) is 10.9. The van der Waals surface area contributed by atoms with Gasteiger partial charge in [-0.2, -0.15) is 0 Å². The van der Waals surface area contributed by atoms with E-state index in [-0.39, 0.29) is 0 Å². The van der Waals surface area contributed by atoms with Gasteiger partial charge in [-0.1, -0.05) is 0 Å². The van der Waals surface area contributed by atoms with Gasteiger partial charge >= 0.3 is 0 Å². The highest BCUT2D eigenvalue weighted by Gasteiger charge is 2.35. The Balaban J connectivity index is 1.87. The molecule has 1 unspecified atom stereocenters. The summed E-state index contributed by atoms with van der Waals surface area (Å²) in [4.78, 5) is 16.5. The minimum absolute atomic E-state index is 0.318. The van der Waals surface area contributed by atoms with Crippen molar-refractivity contribution in [2.75, 3.05) is 25.5 Å². The van der Waals surface area contributed by atoms with E-state index < -0.39 is 0 Å². The van der Waals surface area contributed by atoms with E-state index in [1.54, 1.807) is 0 Å². The second-order valence-corrected chi connectivity index (χ2v) is 5.94. The molecule has 0 N–H and O–H groups in total. The zero-order chi connectivity index (χ0) is 12.4. The van der Waals surface area contributed by atoms with Crippen LogP contribution >= 0.6 is 11.6 Å². The lowest BCUT2D eigenvalue weighted by molar-refractivity contribution is -0.130.